The van der Waals surface area contributed by atoms with E-state index in [1.807, 2.05) is 13.8 Å². The molecule has 0 amide bonds. The van der Waals surface area contributed by atoms with Gasteiger partial charge in [-0.1, -0.05) is 6.42 Å². The molecule has 2 atom stereocenters. The summed E-state index contributed by atoms with van der Waals surface area (Å²) in [6, 6.07) is 0. The van der Waals surface area contributed by atoms with E-state index in [-0.39, 0.29) is 5.92 Å². The zero-order valence-corrected chi connectivity index (χ0v) is 12.7. The van der Waals surface area contributed by atoms with Crippen molar-refractivity contribution in [2.24, 2.45) is 11.3 Å². The summed E-state index contributed by atoms with van der Waals surface area (Å²) in [6.07, 6.45) is 2.77. The standard InChI is InChI=1S/C15H21N3O3/c1-9-12(16-10(2)17-13(9)21-3)18-7-11-5-4-6-15(11,8-18)14(19)20/h11H,4-8H2,1-3H3,(H,19,20)/t11-,15+/m0/s1. The van der Waals surface area contributed by atoms with Crippen molar-refractivity contribution < 1.29 is 14.6 Å². The molecule has 1 aliphatic carbocycles. The van der Waals surface area contributed by atoms with Crippen molar-refractivity contribution in [3.05, 3.63) is 11.4 Å². The van der Waals surface area contributed by atoms with Crippen LogP contribution >= 0.6 is 0 Å². The topological polar surface area (TPSA) is 75.6 Å². The number of carbonyl (C=O) groups is 1. The predicted molar refractivity (Wildman–Crippen MR) is 77.7 cm³/mol. The SMILES string of the molecule is COc1nc(C)nc(N2C[C@@H]3CCC[C@@]3(C(=O)O)C2)c1C. The van der Waals surface area contributed by atoms with Crippen LogP contribution in [0.3, 0.4) is 0 Å². The highest BCUT2D eigenvalue weighted by Crippen LogP contribution is 2.50. The molecule has 1 aromatic heterocycles. The van der Waals surface area contributed by atoms with E-state index < -0.39 is 11.4 Å². The first-order chi connectivity index (χ1) is 9.98. The van der Waals surface area contributed by atoms with Gasteiger partial charge >= 0.3 is 5.97 Å². The summed E-state index contributed by atoms with van der Waals surface area (Å²) >= 11 is 0. The smallest absolute Gasteiger partial charge is 0.311 e. The lowest BCUT2D eigenvalue weighted by Gasteiger charge is -2.24. The van der Waals surface area contributed by atoms with Crippen LogP contribution < -0.4 is 9.64 Å². The van der Waals surface area contributed by atoms with Crippen LogP contribution in [0.5, 0.6) is 5.88 Å². The molecule has 0 spiro atoms. The van der Waals surface area contributed by atoms with Crippen molar-refractivity contribution in [3.63, 3.8) is 0 Å². The van der Waals surface area contributed by atoms with Gasteiger partial charge in [0.1, 0.15) is 11.6 Å². The Morgan fingerprint density at radius 1 is 1.43 bits per heavy atom. The van der Waals surface area contributed by atoms with Crippen LogP contribution in [0.1, 0.15) is 30.7 Å². The molecule has 1 aliphatic heterocycles. The lowest BCUT2D eigenvalue weighted by atomic mass is 9.81. The summed E-state index contributed by atoms with van der Waals surface area (Å²) in [5.41, 5.74) is 0.280. The number of methoxy groups -OCH3 is 1. The summed E-state index contributed by atoms with van der Waals surface area (Å²) in [5, 5.41) is 9.68. The largest absolute Gasteiger partial charge is 0.481 e. The van der Waals surface area contributed by atoms with E-state index in [0.717, 1.165) is 37.2 Å². The van der Waals surface area contributed by atoms with Gasteiger partial charge in [-0.3, -0.25) is 4.79 Å². The number of rotatable bonds is 3. The van der Waals surface area contributed by atoms with E-state index >= 15 is 0 Å². The van der Waals surface area contributed by atoms with Gasteiger partial charge < -0.3 is 14.7 Å². The van der Waals surface area contributed by atoms with Crippen molar-refractivity contribution in [3.8, 4) is 5.88 Å². The Bertz CT molecular complexity index is 590. The third-order valence-electron chi connectivity index (χ3n) is 4.98. The fraction of sp³-hybridized carbons (Fsp3) is 0.667. The number of ether oxygens (including phenoxy) is 1. The van der Waals surface area contributed by atoms with E-state index in [4.69, 9.17) is 4.74 Å². The van der Waals surface area contributed by atoms with Gasteiger partial charge in [0, 0.05) is 13.1 Å². The number of hydrogen-bond acceptors (Lipinski definition) is 5. The maximum absolute atomic E-state index is 11.8. The minimum Gasteiger partial charge on any atom is -0.481 e. The fourth-order valence-electron chi connectivity index (χ4n) is 3.90. The molecule has 2 heterocycles. The molecule has 1 saturated carbocycles. The number of carboxylic acid groups (broad SMARTS) is 1. The number of fused-ring (bicyclic) bond motifs is 1. The van der Waals surface area contributed by atoms with Gasteiger partial charge in [-0.05, 0) is 32.6 Å². The van der Waals surface area contributed by atoms with Crippen LogP contribution in [-0.2, 0) is 4.79 Å². The number of nitrogens with zero attached hydrogens (tertiary/aromatic N) is 3. The van der Waals surface area contributed by atoms with Gasteiger partial charge in [0.05, 0.1) is 18.1 Å². The van der Waals surface area contributed by atoms with Crippen LogP contribution in [0.15, 0.2) is 0 Å². The molecule has 0 bridgehead atoms. The van der Waals surface area contributed by atoms with Crippen molar-refractivity contribution in [1.82, 2.24) is 9.97 Å². The molecule has 2 fully saturated rings. The molecule has 1 N–H and O–H groups in total. The molecular formula is C15H21N3O3. The third kappa shape index (κ3) is 2.04. The van der Waals surface area contributed by atoms with Crippen LogP contribution in [0.2, 0.25) is 0 Å². The number of carboxylic acids is 1. The molecule has 0 radical (unpaired) electrons. The van der Waals surface area contributed by atoms with E-state index in [0.29, 0.717) is 18.2 Å². The first-order valence-corrected chi connectivity index (χ1v) is 7.35. The third-order valence-corrected chi connectivity index (χ3v) is 4.98. The van der Waals surface area contributed by atoms with Crippen LogP contribution in [0.4, 0.5) is 5.82 Å². The maximum Gasteiger partial charge on any atom is 0.311 e. The molecule has 0 aromatic carbocycles. The molecule has 2 aliphatic rings. The monoisotopic (exact) mass is 291 g/mol. The predicted octanol–water partition coefficient (Wildman–Crippen LogP) is 1.79. The van der Waals surface area contributed by atoms with Crippen molar-refractivity contribution in [2.75, 3.05) is 25.1 Å². The minimum absolute atomic E-state index is 0.218. The second-order valence-electron chi connectivity index (χ2n) is 6.16. The molecule has 1 saturated heterocycles. The summed E-state index contributed by atoms with van der Waals surface area (Å²) in [6.45, 7) is 5.05. The highest BCUT2D eigenvalue weighted by molar-refractivity contribution is 5.78. The summed E-state index contributed by atoms with van der Waals surface area (Å²) in [4.78, 5) is 22.7. The van der Waals surface area contributed by atoms with E-state index in [1.54, 1.807) is 7.11 Å². The average molecular weight is 291 g/mol. The Balaban J connectivity index is 1.97. The minimum atomic E-state index is -0.664. The van der Waals surface area contributed by atoms with Crippen molar-refractivity contribution in [1.29, 1.82) is 0 Å². The normalized spacial score (nSPS) is 27.8. The molecule has 6 heteroatoms. The highest BCUT2D eigenvalue weighted by atomic mass is 16.5. The Labute approximate surface area is 124 Å². The Morgan fingerprint density at radius 2 is 2.19 bits per heavy atom. The summed E-state index contributed by atoms with van der Waals surface area (Å²) in [7, 11) is 1.59. The van der Waals surface area contributed by atoms with Gasteiger partial charge in [0.2, 0.25) is 5.88 Å². The van der Waals surface area contributed by atoms with E-state index in [9.17, 15) is 9.90 Å². The highest BCUT2D eigenvalue weighted by Gasteiger charge is 2.55. The van der Waals surface area contributed by atoms with E-state index in [1.165, 1.54) is 0 Å². The number of anilines is 1. The van der Waals surface area contributed by atoms with Crippen molar-refractivity contribution in [2.45, 2.75) is 33.1 Å². The van der Waals surface area contributed by atoms with E-state index in [2.05, 4.69) is 14.9 Å². The summed E-state index contributed by atoms with van der Waals surface area (Å²) in [5.74, 6) is 1.58. The van der Waals surface area contributed by atoms with Crippen molar-refractivity contribution >= 4 is 11.8 Å². The molecular weight excluding hydrogens is 270 g/mol. The molecule has 1 aromatic rings. The Kier molecular flexibility index (Phi) is 3.26. The van der Waals surface area contributed by atoms with Crippen LogP contribution in [0.25, 0.3) is 0 Å². The fourth-order valence-corrected chi connectivity index (χ4v) is 3.90. The second kappa shape index (κ2) is 4.86. The van der Waals surface area contributed by atoms with Gasteiger partial charge in [-0.25, -0.2) is 4.98 Å². The van der Waals surface area contributed by atoms with Gasteiger partial charge in [0.15, 0.2) is 0 Å². The zero-order chi connectivity index (χ0) is 15.2. The van der Waals surface area contributed by atoms with Crippen LogP contribution in [-0.4, -0.2) is 41.2 Å². The number of aliphatic carboxylic acids is 1. The zero-order valence-electron chi connectivity index (χ0n) is 12.7. The first-order valence-electron chi connectivity index (χ1n) is 7.35. The van der Waals surface area contributed by atoms with Crippen LogP contribution in [0, 0.1) is 25.2 Å². The van der Waals surface area contributed by atoms with Gasteiger partial charge in [-0.2, -0.15) is 4.98 Å². The lowest BCUT2D eigenvalue weighted by molar-refractivity contribution is -0.149. The Morgan fingerprint density at radius 3 is 2.81 bits per heavy atom. The first kappa shape index (κ1) is 14.1. The second-order valence-corrected chi connectivity index (χ2v) is 6.16. The molecule has 0 unspecified atom stereocenters. The van der Waals surface area contributed by atoms with Gasteiger partial charge in [0.25, 0.3) is 0 Å². The number of aromatic nitrogens is 2. The quantitative estimate of drug-likeness (QED) is 0.915. The summed E-state index contributed by atoms with van der Waals surface area (Å²) < 4.78 is 5.30. The molecule has 3 rings (SSSR count). The maximum atomic E-state index is 11.8. The Hall–Kier alpha value is -1.85. The molecule has 6 nitrogen and oxygen atoms in total. The average Bonchev–Trinajstić information content (AvgIpc) is 2.98. The molecule has 21 heavy (non-hydrogen) atoms. The lowest BCUT2D eigenvalue weighted by Crippen LogP contribution is -2.36. The van der Waals surface area contributed by atoms with Gasteiger partial charge in [-0.15, -0.1) is 0 Å². The number of aryl methyl sites for hydroxylation is 1. The number of hydrogen-bond donors (Lipinski definition) is 1. The molecule has 114 valence electrons.